The van der Waals surface area contributed by atoms with Crippen LogP contribution in [0, 0.1) is 17.2 Å². The fourth-order valence-electron chi connectivity index (χ4n) is 1.46. The number of hydrogen-bond acceptors (Lipinski definition) is 2. The number of hydrogen-bond donors (Lipinski definition) is 0. The maximum atomic E-state index is 12.0. The Morgan fingerprint density at radius 2 is 1.94 bits per heavy atom. The van der Waals surface area contributed by atoms with E-state index >= 15 is 0 Å². The molecule has 0 amide bonds. The van der Waals surface area contributed by atoms with Crippen molar-refractivity contribution in [3.8, 4) is 6.07 Å². The van der Waals surface area contributed by atoms with E-state index in [1.54, 1.807) is 18.2 Å². The zero-order chi connectivity index (χ0) is 12.1. The van der Waals surface area contributed by atoms with Gasteiger partial charge in [-0.05, 0) is 24.6 Å². The lowest BCUT2D eigenvalue weighted by atomic mass is 9.93. The molecule has 0 bridgehead atoms. The van der Waals surface area contributed by atoms with E-state index < -0.39 is 0 Å². The summed E-state index contributed by atoms with van der Waals surface area (Å²) in [6, 6.07) is 6.74. The Labute approximate surface area is 105 Å². The first kappa shape index (κ1) is 13.0. The Morgan fingerprint density at radius 3 is 2.38 bits per heavy atom. The van der Waals surface area contributed by atoms with Crippen LogP contribution in [0.1, 0.15) is 30.1 Å². The molecular formula is C12H11Cl2NO. The molecule has 0 aliphatic rings. The molecule has 84 valence electrons. The quantitative estimate of drug-likeness (QED) is 0.760. The number of nitrogens with zero attached hydrogens (tertiary/aromatic N) is 1. The van der Waals surface area contributed by atoms with Gasteiger partial charge in [0.15, 0.2) is 5.78 Å². The first-order valence-electron chi connectivity index (χ1n) is 4.95. The Morgan fingerprint density at radius 1 is 1.38 bits per heavy atom. The molecule has 0 aromatic heterocycles. The summed E-state index contributed by atoms with van der Waals surface area (Å²) in [4.78, 5) is 12.0. The highest BCUT2D eigenvalue weighted by Crippen LogP contribution is 2.23. The average Bonchev–Trinajstić information content (AvgIpc) is 2.23. The normalized spacial score (nSPS) is 11.9. The van der Waals surface area contributed by atoms with Crippen LogP contribution in [-0.4, -0.2) is 5.78 Å². The molecule has 1 aromatic rings. The summed E-state index contributed by atoms with van der Waals surface area (Å²) < 4.78 is 0. The Bertz CT molecular complexity index is 417. The number of carbonyl (C=O) groups is 1. The van der Waals surface area contributed by atoms with Crippen LogP contribution >= 0.6 is 23.2 Å². The van der Waals surface area contributed by atoms with Crippen molar-refractivity contribution in [2.75, 3.05) is 0 Å². The molecule has 0 aliphatic carbocycles. The highest BCUT2D eigenvalue weighted by molar-refractivity contribution is 6.35. The Kier molecular flexibility index (Phi) is 4.79. The molecule has 16 heavy (non-hydrogen) atoms. The van der Waals surface area contributed by atoms with Gasteiger partial charge < -0.3 is 0 Å². The summed E-state index contributed by atoms with van der Waals surface area (Å²) in [5.41, 5.74) is 0.472. The lowest BCUT2D eigenvalue weighted by molar-refractivity contribution is 0.0918. The van der Waals surface area contributed by atoms with Gasteiger partial charge in [0.25, 0.3) is 0 Å². The number of Topliss-reactive ketones (excluding diaryl/α,β-unsaturated/α-hetero) is 1. The molecule has 0 N–H and O–H groups in total. The Hall–Kier alpha value is -1.04. The number of nitriles is 1. The van der Waals surface area contributed by atoms with E-state index in [9.17, 15) is 4.79 Å². The highest BCUT2D eigenvalue weighted by atomic mass is 35.5. The van der Waals surface area contributed by atoms with Crippen molar-refractivity contribution >= 4 is 29.0 Å². The fourth-order valence-corrected chi connectivity index (χ4v) is 1.99. The monoisotopic (exact) mass is 255 g/mol. The van der Waals surface area contributed by atoms with E-state index in [0.717, 1.165) is 0 Å². The number of benzene rings is 1. The van der Waals surface area contributed by atoms with E-state index in [2.05, 4.69) is 0 Å². The van der Waals surface area contributed by atoms with Crippen molar-refractivity contribution in [2.45, 2.75) is 19.8 Å². The molecule has 0 radical (unpaired) electrons. The molecule has 0 spiro atoms. The third-order valence-corrected chi connectivity index (χ3v) is 2.78. The third-order valence-electron chi connectivity index (χ3n) is 2.35. The van der Waals surface area contributed by atoms with Gasteiger partial charge in [0, 0.05) is 27.9 Å². The van der Waals surface area contributed by atoms with E-state index in [0.29, 0.717) is 22.0 Å². The van der Waals surface area contributed by atoms with Crippen molar-refractivity contribution in [1.29, 1.82) is 5.26 Å². The summed E-state index contributed by atoms with van der Waals surface area (Å²) in [6.07, 6.45) is 0.857. The van der Waals surface area contributed by atoms with Crippen molar-refractivity contribution in [2.24, 2.45) is 5.92 Å². The van der Waals surface area contributed by atoms with Gasteiger partial charge in [0.05, 0.1) is 6.07 Å². The van der Waals surface area contributed by atoms with E-state index in [4.69, 9.17) is 28.5 Å². The molecule has 0 fully saturated rings. The van der Waals surface area contributed by atoms with Crippen molar-refractivity contribution in [1.82, 2.24) is 0 Å². The van der Waals surface area contributed by atoms with Crippen molar-refractivity contribution in [3.63, 3.8) is 0 Å². The molecular weight excluding hydrogens is 245 g/mol. The second-order valence-corrected chi connectivity index (χ2v) is 4.36. The molecule has 0 saturated heterocycles. The van der Waals surface area contributed by atoms with Crippen LogP contribution in [-0.2, 0) is 0 Å². The number of carbonyl (C=O) groups excluding carboxylic acids is 1. The van der Waals surface area contributed by atoms with Crippen LogP contribution in [0.25, 0.3) is 0 Å². The predicted molar refractivity (Wildman–Crippen MR) is 64.8 cm³/mol. The molecule has 1 unspecified atom stereocenters. The minimum absolute atomic E-state index is 0.0755. The first-order valence-corrected chi connectivity index (χ1v) is 5.71. The van der Waals surface area contributed by atoms with Crippen LogP contribution in [0.15, 0.2) is 18.2 Å². The van der Waals surface area contributed by atoms with Gasteiger partial charge in [0.2, 0.25) is 0 Å². The van der Waals surface area contributed by atoms with Crippen LogP contribution in [0.2, 0.25) is 10.0 Å². The van der Waals surface area contributed by atoms with E-state index in [1.807, 2.05) is 13.0 Å². The summed E-state index contributed by atoms with van der Waals surface area (Å²) in [7, 11) is 0. The average molecular weight is 256 g/mol. The largest absolute Gasteiger partial charge is 0.294 e. The molecule has 1 aromatic carbocycles. The lowest BCUT2D eigenvalue weighted by Crippen LogP contribution is -2.13. The topological polar surface area (TPSA) is 40.9 Å². The lowest BCUT2D eigenvalue weighted by Gasteiger charge is -2.10. The summed E-state index contributed by atoms with van der Waals surface area (Å²) >= 11 is 11.6. The number of halogens is 2. The predicted octanol–water partition coefficient (Wildman–Crippen LogP) is 4.12. The fraction of sp³-hybridized carbons (Fsp3) is 0.333. The zero-order valence-corrected chi connectivity index (χ0v) is 10.3. The molecule has 0 heterocycles. The standard InChI is InChI=1S/C12H11Cl2NO/c1-2-8(3-4-15)12(16)9-5-10(13)7-11(14)6-9/h5-8H,2-3H2,1H3. The van der Waals surface area contributed by atoms with Crippen LogP contribution < -0.4 is 0 Å². The van der Waals surface area contributed by atoms with Gasteiger partial charge in [-0.25, -0.2) is 0 Å². The number of rotatable bonds is 4. The maximum Gasteiger partial charge on any atom is 0.167 e. The molecule has 4 heteroatoms. The van der Waals surface area contributed by atoms with Crippen LogP contribution in [0.5, 0.6) is 0 Å². The van der Waals surface area contributed by atoms with Gasteiger partial charge in [-0.3, -0.25) is 4.79 Å². The van der Waals surface area contributed by atoms with Crippen LogP contribution in [0.4, 0.5) is 0 Å². The molecule has 1 rings (SSSR count). The van der Waals surface area contributed by atoms with Gasteiger partial charge >= 0.3 is 0 Å². The minimum atomic E-state index is -0.278. The summed E-state index contributed by atoms with van der Waals surface area (Å²) in [6.45, 7) is 1.88. The zero-order valence-electron chi connectivity index (χ0n) is 8.84. The van der Waals surface area contributed by atoms with Gasteiger partial charge in [-0.15, -0.1) is 0 Å². The molecule has 2 nitrogen and oxygen atoms in total. The van der Waals surface area contributed by atoms with Crippen LogP contribution in [0.3, 0.4) is 0 Å². The summed E-state index contributed by atoms with van der Waals surface area (Å²) in [5.74, 6) is -0.354. The minimum Gasteiger partial charge on any atom is -0.294 e. The van der Waals surface area contributed by atoms with Gasteiger partial charge in [-0.1, -0.05) is 30.1 Å². The third kappa shape index (κ3) is 3.23. The summed E-state index contributed by atoms with van der Waals surface area (Å²) in [5, 5.41) is 9.48. The SMILES string of the molecule is CCC(CC#N)C(=O)c1cc(Cl)cc(Cl)c1. The van der Waals surface area contributed by atoms with Gasteiger partial charge in [-0.2, -0.15) is 5.26 Å². The highest BCUT2D eigenvalue weighted by Gasteiger charge is 2.18. The van der Waals surface area contributed by atoms with Crippen molar-refractivity contribution in [3.05, 3.63) is 33.8 Å². The Balaban J connectivity index is 2.99. The first-order chi connectivity index (χ1) is 7.58. The molecule has 0 aliphatic heterocycles. The number of ketones is 1. The van der Waals surface area contributed by atoms with Crippen molar-refractivity contribution < 1.29 is 4.79 Å². The van der Waals surface area contributed by atoms with Gasteiger partial charge in [0.1, 0.15) is 0 Å². The molecule has 1 atom stereocenters. The van der Waals surface area contributed by atoms with E-state index in [1.165, 1.54) is 0 Å². The molecule has 0 saturated carbocycles. The van der Waals surface area contributed by atoms with E-state index in [-0.39, 0.29) is 18.1 Å². The smallest absolute Gasteiger partial charge is 0.167 e. The maximum absolute atomic E-state index is 12.0. The second-order valence-electron chi connectivity index (χ2n) is 3.49. The second kappa shape index (κ2) is 5.89.